The van der Waals surface area contributed by atoms with Crippen LogP contribution in [0, 0.1) is 5.82 Å². The normalized spacial score (nSPS) is 11.9. The van der Waals surface area contributed by atoms with Crippen LogP contribution >= 0.6 is 0 Å². The summed E-state index contributed by atoms with van der Waals surface area (Å²) >= 11 is 0. The average Bonchev–Trinajstić information content (AvgIpc) is 3.12. The van der Waals surface area contributed by atoms with Crippen LogP contribution in [0.1, 0.15) is 33.8 Å². The lowest BCUT2D eigenvalue weighted by molar-refractivity contribution is -0.116. The van der Waals surface area contributed by atoms with Crippen molar-refractivity contribution < 1.29 is 28.6 Å². The van der Waals surface area contributed by atoms with Gasteiger partial charge in [-0.1, -0.05) is 48.5 Å². The van der Waals surface area contributed by atoms with Gasteiger partial charge in [-0.3, -0.25) is 4.79 Å². The molecule has 3 N–H and O–H groups in total. The number of amides is 2. The predicted molar refractivity (Wildman–Crippen MR) is 120 cm³/mol. The number of aromatic carboxylic acids is 1. The highest BCUT2D eigenvalue weighted by Gasteiger charge is 2.29. The van der Waals surface area contributed by atoms with Crippen LogP contribution in [-0.4, -0.2) is 36.2 Å². The number of fused-ring (bicyclic) bond motifs is 3. The highest BCUT2D eigenvalue weighted by molar-refractivity contribution is 6.00. The van der Waals surface area contributed by atoms with Gasteiger partial charge in [-0.2, -0.15) is 0 Å². The first-order valence-corrected chi connectivity index (χ1v) is 10.4. The SMILES string of the molecule is O=C(CCNC(=O)OCC1c2ccccc2-c2ccccc21)Nc1ccc(F)cc1C(=O)O. The summed E-state index contributed by atoms with van der Waals surface area (Å²) in [7, 11) is 0. The van der Waals surface area contributed by atoms with Gasteiger partial charge >= 0.3 is 12.1 Å². The van der Waals surface area contributed by atoms with Gasteiger partial charge in [-0.25, -0.2) is 14.0 Å². The molecule has 0 aromatic heterocycles. The minimum Gasteiger partial charge on any atom is -0.478 e. The van der Waals surface area contributed by atoms with Crippen molar-refractivity contribution in [3.63, 3.8) is 0 Å². The molecule has 0 bridgehead atoms. The molecule has 0 saturated heterocycles. The van der Waals surface area contributed by atoms with Gasteiger partial charge in [0.05, 0.1) is 11.3 Å². The molecule has 8 heteroatoms. The van der Waals surface area contributed by atoms with E-state index >= 15 is 0 Å². The molecule has 7 nitrogen and oxygen atoms in total. The topological polar surface area (TPSA) is 105 Å². The van der Waals surface area contributed by atoms with Crippen molar-refractivity contribution in [1.82, 2.24) is 5.32 Å². The standard InChI is InChI=1S/C25H21FN2O5/c26-15-9-10-22(20(13-15)24(30)31)28-23(29)11-12-27-25(32)33-14-21-18-7-3-1-5-16(18)17-6-2-4-8-19(17)21/h1-10,13,21H,11-12,14H2,(H,27,32)(H,28,29)(H,30,31). The summed E-state index contributed by atoms with van der Waals surface area (Å²) in [6.45, 7) is 0.149. The molecule has 3 aromatic rings. The fourth-order valence-corrected chi connectivity index (χ4v) is 3.94. The molecule has 168 valence electrons. The van der Waals surface area contributed by atoms with E-state index in [4.69, 9.17) is 9.84 Å². The number of nitrogens with one attached hydrogen (secondary N) is 2. The number of hydrogen-bond donors (Lipinski definition) is 3. The van der Waals surface area contributed by atoms with Crippen LogP contribution in [0.25, 0.3) is 11.1 Å². The quantitative estimate of drug-likeness (QED) is 0.497. The molecule has 1 aliphatic rings. The predicted octanol–water partition coefficient (Wildman–Crippen LogP) is 4.39. The van der Waals surface area contributed by atoms with Crippen molar-refractivity contribution in [2.24, 2.45) is 0 Å². The lowest BCUT2D eigenvalue weighted by atomic mass is 9.98. The zero-order chi connectivity index (χ0) is 23.4. The van der Waals surface area contributed by atoms with E-state index in [2.05, 4.69) is 10.6 Å². The van der Waals surface area contributed by atoms with Gasteiger partial charge in [0.15, 0.2) is 0 Å². The van der Waals surface area contributed by atoms with Crippen molar-refractivity contribution in [1.29, 1.82) is 0 Å². The van der Waals surface area contributed by atoms with Crippen LogP contribution in [0.4, 0.5) is 14.9 Å². The van der Waals surface area contributed by atoms with E-state index in [0.29, 0.717) is 0 Å². The second-order valence-electron chi connectivity index (χ2n) is 7.55. The summed E-state index contributed by atoms with van der Waals surface area (Å²) in [6, 6.07) is 19.0. The molecule has 0 saturated carbocycles. The Hall–Kier alpha value is -4.20. The van der Waals surface area contributed by atoms with Gasteiger partial charge in [0.25, 0.3) is 0 Å². The summed E-state index contributed by atoms with van der Waals surface area (Å²) in [5.74, 6) is -2.67. The Labute approximate surface area is 189 Å². The first-order chi connectivity index (χ1) is 15.9. The summed E-state index contributed by atoms with van der Waals surface area (Å²) in [4.78, 5) is 35.5. The van der Waals surface area contributed by atoms with E-state index in [1.165, 1.54) is 6.07 Å². The van der Waals surface area contributed by atoms with Crippen molar-refractivity contribution in [3.05, 3.63) is 89.2 Å². The third-order valence-corrected chi connectivity index (χ3v) is 5.45. The van der Waals surface area contributed by atoms with E-state index in [-0.39, 0.29) is 36.7 Å². The van der Waals surface area contributed by atoms with Crippen LogP contribution < -0.4 is 10.6 Å². The Bertz CT molecular complexity index is 1180. The molecule has 2 amide bonds. The number of carboxylic acids is 1. The summed E-state index contributed by atoms with van der Waals surface area (Å²) in [5.41, 5.74) is 4.07. The van der Waals surface area contributed by atoms with Gasteiger partial charge in [-0.15, -0.1) is 0 Å². The van der Waals surface area contributed by atoms with E-state index in [9.17, 15) is 18.8 Å². The molecule has 0 fully saturated rings. The lowest BCUT2D eigenvalue weighted by Crippen LogP contribution is -2.29. The maximum atomic E-state index is 13.2. The van der Waals surface area contributed by atoms with E-state index in [1.807, 2.05) is 48.5 Å². The number of carbonyl (C=O) groups is 3. The van der Waals surface area contributed by atoms with Crippen LogP contribution in [0.2, 0.25) is 0 Å². The summed E-state index contributed by atoms with van der Waals surface area (Å²) in [5, 5.41) is 14.1. The van der Waals surface area contributed by atoms with Gasteiger partial charge in [-0.05, 0) is 40.5 Å². The monoisotopic (exact) mass is 448 g/mol. The zero-order valence-corrected chi connectivity index (χ0v) is 17.5. The van der Waals surface area contributed by atoms with Gasteiger partial charge in [0, 0.05) is 18.9 Å². The second-order valence-corrected chi connectivity index (χ2v) is 7.55. The van der Waals surface area contributed by atoms with Gasteiger partial charge < -0.3 is 20.5 Å². The molecule has 1 aliphatic carbocycles. The van der Waals surface area contributed by atoms with Crippen LogP contribution in [-0.2, 0) is 9.53 Å². The van der Waals surface area contributed by atoms with E-state index < -0.39 is 23.8 Å². The van der Waals surface area contributed by atoms with Gasteiger partial charge in [0.1, 0.15) is 12.4 Å². The third-order valence-electron chi connectivity index (χ3n) is 5.45. The van der Waals surface area contributed by atoms with Crippen molar-refractivity contribution >= 4 is 23.7 Å². The Kier molecular flexibility index (Phi) is 6.35. The molecule has 33 heavy (non-hydrogen) atoms. The highest BCUT2D eigenvalue weighted by Crippen LogP contribution is 2.44. The molecule has 0 aliphatic heterocycles. The number of rotatable bonds is 7. The second kappa shape index (κ2) is 9.52. The number of ether oxygens (including phenoxy) is 1. The van der Waals surface area contributed by atoms with Crippen LogP contribution in [0.15, 0.2) is 66.7 Å². The van der Waals surface area contributed by atoms with Gasteiger partial charge in [0.2, 0.25) is 5.91 Å². The number of hydrogen-bond acceptors (Lipinski definition) is 4. The maximum Gasteiger partial charge on any atom is 0.407 e. The fraction of sp³-hybridized carbons (Fsp3) is 0.160. The third kappa shape index (κ3) is 4.85. The Morgan fingerprint density at radius 2 is 1.58 bits per heavy atom. The Balaban J connectivity index is 1.28. The maximum absolute atomic E-state index is 13.2. The fourth-order valence-electron chi connectivity index (χ4n) is 3.94. The minimum absolute atomic E-state index is 0.00783. The minimum atomic E-state index is -1.36. The van der Waals surface area contributed by atoms with Crippen molar-refractivity contribution in [2.75, 3.05) is 18.5 Å². The molecular formula is C25H21FN2O5. The molecule has 3 aromatic carbocycles. The lowest BCUT2D eigenvalue weighted by Gasteiger charge is -2.14. The number of benzene rings is 3. The van der Waals surface area contributed by atoms with E-state index in [1.54, 1.807) is 0 Å². The van der Waals surface area contributed by atoms with Crippen LogP contribution in [0.5, 0.6) is 0 Å². The number of halogens is 1. The Morgan fingerprint density at radius 1 is 0.939 bits per heavy atom. The number of carbonyl (C=O) groups excluding carboxylic acids is 2. The molecule has 4 rings (SSSR count). The largest absolute Gasteiger partial charge is 0.478 e. The summed E-state index contributed by atoms with van der Waals surface area (Å²) < 4.78 is 18.7. The van der Waals surface area contributed by atoms with Crippen molar-refractivity contribution in [3.8, 4) is 11.1 Å². The molecule has 0 radical (unpaired) electrons. The molecule has 0 heterocycles. The first-order valence-electron chi connectivity index (χ1n) is 10.4. The molecule has 0 atom stereocenters. The van der Waals surface area contributed by atoms with Crippen molar-refractivity contribution in [2.45, 2.75) is 12.3 Å². The number of alkyl carbamates (subject to hydrolysis) is 1. The molecule has 0 spiro atoms. The smallest absolute Gasteiger partial charge is 0.407 e. The summed E-state index contributed by atoms with van der Waals surface area (Å²) in [6.07, 6.45) is -0.765. The van der Waals surface area contributed by atoms with E-state index in [0.717, 1.165) is 34.4 Å². The zero-order valence-electron chi connectivity index (χ0n) is 17.5. The highest BCUT2D eigenvalue weighted by atomic mass is 19.1. The molecular weight excluding hydrogens is 427 g/mol. The average molecular weight is 448 g/mol. The Morgan fingerprint density at radius 3 is 2.21 bits per heavy atom. The number of anilines is 1. The van der Waals surface area contributed by atoms with Crippen LogP contribution in [0.3, 0.4) is 0 Å². The number of carboxylic acid groups (broad SMARTS) is 1. The molecule has 0 unspecified atom stereocenters. The first kappa shape index (κ1) is 22.0.